The Morgan fingerprint density at radius 2 is 2.31 bits per heavy atom. The molecule has 0 unspecified atom stereocenters. The predicted molar refractivity (Wildman–Crippen MR) is 43.9 cm³/mol. The van der Waals surface area contributed by atoms with Crippen LogP contribution in [0, 0.1) is 22.7 Å². The average Bonchev–Trinajstić information content (AvgIpc) is 2.13. The lowest BCUT2D eigenvalue weighted by Gasteiger charge is -1.98. The van der Waals surface area contributed by atoms with Crippen molar-refractivity contribution in [1.29, 1.82) is 10.5 Å². The molecule has 5 heteroatoms. The SMILES string of the molecule is CCOC(=O)/C(C#N)=C\NCC#N. The van der Waals surface area contributed by atoms with Crippen LogP contribution in [-0.4, -0.2) is 19.1 Å². The van der Waals surface area contributed by atoms with E-state index in [2.05, 4.69) is 10.1 Å². The third-order valence-corrected chi connectivity index (χ3v) is 1.04. The Labute approximate surface area is 76.2 Å². The molecule has 68 valence electrons. The van der Waals surface area contributed by atoms with Crippen LogP contribution in [0.5, 0.6) is 0 Å². The van der Waals surface area contributed by atoms with Crippen molar-refractivity contribution in [3.05, 3.63) is 11.8 Å². The molecule has 1 N–H and O–H groups in total. The molecule has 0 atom stereocenters. The molecular weight excluding hydrogens is 170 g/mol. The minimum absolute atomic E-state index is 0.0462. The molecule has 0 rings (SSSR count). The largest absolute Gasteiger partial charge is 0.462 e. The molecule has 0 aromatic carbocycles. The fraction of sp³-hybridized carbons (Fsp3) is 0.375. The summed E-state index contributed by atoms with van der Waals surface area (Å²) >= 11 is 0. The van der Waals surface area contributed by atoms with Gasteiger partial charge in [0.2, 0.25) is 0 Å². The maximum Gasteiger partial charge on any atom is 0.350 e. The minimum Gasteiger partial charge on any atom is -0.462 e. The van der Waals surface area contributed by atoms with Crippen LogP contribution >= 0.6 is 0 Å². The second-order valence-corrected chi connectivity index (χ2v) is 1.93. The quantitative estimate of drug-likeness (QED) is 0.217. The standard InChI is InChI=1S/C8H9N3O2/c1-2-13-8(12)7(5-10)6-11-4-3-9/h6,11H,2,4H2,1H3/b7-6-. The molecule has 0 fully saturated rings. The van der Waals surface area contributed by atoms with E-state index in [9.17, 15) is 4.79 Å². The molecule has 0 bridgehead atoms. The van der Waals surface area contributed by atoms with E-state index in [4.69, 9.17) is 10.5 Å². The van der Waals surface area contributed by atoms with Crippen LogP contribution in [0.2, 0.25) is 0 Å². The summed E-state index contributed by atoms with van der Waals surface area (Å²) in [4.78, 5) is 10.9. The molecule has 0 aliphatic carbocycles. The number of hydrogen-bond donors (Lipinski definition) is 1. The first kappa shape index (κ1) is 11.0. The highest BCUT2D eigenvalue weighted by molar-refractivity contribution is 5.92. The van der Waals surface area contributed by atoms with E-state index in [0.29, 0.717) is 0 Å². The molecule has 0 aliphatic rings. The van der Waals surface area contributed by atoms with Gasteiger partial charge in [-0.3, -0.25) is 0 Å². The minimum atomic E-state index is -0.685. The number of rotatable bonds is 4. The average molecular weight is 179 g/mol. The molecule has 0 aliphatic heterocycles. The van der Waals surface area contributed by atoms with E-state index in [1.807, 2.05) is 0 Å². The molecule has 0 aromatic rings. The summed E-state index contributed by atoms with van der Waals surface area (Å²) < 4.78 is 4.57. The lowest BCUT2D eigenvalue weighted by molar-refractivity contribution is -0.138. The van der Waals surface area contributed by atoms with Crippen molar-refractivity contribution in [3.63, 3.8) is 0 Å². The highest BCUT2D eigenvalue weighted by Gasteiger charge is 2.08. The highest BCUT2D eigenvalue weighted by atomic mass is 16.5. The number of nitrogens with one attached hydrogen (secondary N) is 1. The first-order valence-electron chi connectivity index (χ1n) is 3.64. The Hall–Kier alpha value is -2.01. The summed E-state index contributed by atoms with van der Waals surface area (Å²) in [6, 6.07) is 3.46. The summed E-state index contributed by atoms with van der Waals surface area (Å²) in [5.74, 6) is -0.685. The van der Waals surface area contributed by atoms with E-state index < -0.39 is 5.97 Å². The topological polar surface area (TPSA) is 85.9 Å². The van der Waals surface area contributed by atoms with Crippen LogP contribution in [0.25, 0.3) is 0 Å². The van der Waals surface area contributed by atoms with Gasteiger partial charge in [-0.05, 0) is 6.92 Å². The summed E-state index contributed by atoms with van der Waals surface area (Å²) in [6.07, 6.45) is 1.17. The Bertz CT molecular complexity index is 283. The van der Waals surface area contributed by atoms with Crippen LogP contribution in [-0.2, 0) is 9.53 Å². The smallest absolute Gasteiger partial charge is 0.350 e. The van der Waals surface area contributed by atoms with Gasteiger partial charge in [0.15, 0.2) is 5.57 Å². The molecule has 0 saturated heterocycles. The summed E-state index contributed by atoms with van der Waals surface area (Å²) in [7, 11) is 0. The number of hydrogen-bond acceptors (Lipinski definition) is 5. The van der Waals surface area contributed by atoms with Crippen molar-refractivity contribution >= 4 is 5.97 Å². The first-order chi connectivity index (χ1) is 6.26. The lowest BCUT2D eigenvalue weighted by atomic mass is 10.3. The maximum atomic E-state index is 10.9. The van der Waals surface area contributed by atoms with Gasteiger partial charge in [-0.15, -0.1) is 0 Å². The number of nitriles is 2. The number of ether oxygens (including phenoxy) is 1. The van der Waals surface area contributed by atoms with Crippen molar-refractivity contribution in [2.45, 2.75) is 6.92 Å². The van der Waals surface area contributed by atoms with E-state index in [1.54, 1.807) is 19.1 Å². The van der Waals surface area contributed by atoms with Gasteiger partial charge in [-0.1, -0.05) is 0 Å². The molecule has 0 aromatic heterocycles. The molecule has 0 heterocycles. The maximum absolute atomic E-state index is 10.9. The van der Waals surface area contributed by atoms with E-state index in [0.717, 1.165) is 0 Å². The van der Waals surface area contributed by atoms with Gasteiger partial charge in [0.25, 0.3) is 0 Å². The molecule has 0 amide bonds. The fourth-order valence-electron chi connectivity index (χ4n) is 0.544. The summed E-state index contributed by atoms with van der Waals surface area (Å²) in [5.41, 5.74) is -0.142. The van der Waals surface area contributed by atoms with Crippen molar-refractivity contribution in [2.24, 2.45) is 0 Å². The van der Waals surface area contributed by atoms with Gasteiger partial charge >= 0.3 is 5.97 Å². The van der Waals surface area contributed by atoms with Crippen molar-refractivity contribution in [1.82, 2.24) is 5.32 Å². The number of carbonyl (C=O) groups excluding carboxylic acids is 1. The second-order valence-electron chi connectivity index (χ2n) is 1.93. The van der Waals surface area contributed by atoms with E-state index in [1.165, 1.54) is 6.20 Å². The Morgan fingerprint density at radius 1 is 1.62 bits per heavy atom. The third kappa shape index (κ3) is 4.44. The van der Waals surface area contributed by atoms with Gasteiger partial charge in [0, 0.05) is 6.20 Å². The Morgan fingerprint density at radius 3 is 2.77 bits per heavy atom. The number of nitrogens with zero attached hydrogens (tertiary/aromatic N) is 2. The van der Waals surface area contributed by atoms with Crippen LogP contribution in [0.4, 0.5) is 0 Å². The van der Waals surface area contributed by atoms with Gasteiger partial charge < -0.3 is 10.1 Å². The Kier molecular flexibility index (Phi) is 5.65. The normalized spacial score (nSPS) is 9.62. The number of carbonyl (C=O) groups is 1. The lowest BCUT2D eigenvalue weighted by Crippen LogP contribution is -2.12. The molecule has 13 heavy (non-hydrogen) atoms. The van der Waals surface area contributed by atoms with Gasteiger partial charge in [0.1, 0.15) is 12.6 Å². The zero-order valence-corrected chi connectivity index (χ0v) is 7.20. The van der Waals surface area contributed by atoms with Crippen LogP contribution in [0.1, 0.15) is 6.92 Å². The fourth-order valence-corrected chi connectivity index (χ4v) is 0.544. The zero-order chi connectivity index (χ0) is 10.1. The van der Waals surface area contributed by atoms with Crippen LogP contribution in [0.15, 0.2) is 11.8 Å². The van der Waals surface area contributed by atoms with Gasteiger partial charge in [0.05, 0.1) is 12.7 Å². The molecule has 0 saturated carbocycles. The van der Waals surface area contributed by atoms with Gasteiger partial charge in [-0.2, -0.15) is 10.5 Å². The highest BCUT2D eigenvalue weighted by Crippen LogP contribution is 1.93. The van der Waals surface area contributed by atoms with Crippen LogP contribution < -0.4 is 5.32 Å². The molecular formula is C8H9N3O2. The number of esters is 1. The third-order valence-electron chi connectivity index (χ3n) is 1.04. The summed E-state index contributed by atoms with van der Waals surface area (Å²) in [5, 5.41) is 19.1. The van der Waals surface area contributed by atoms with E-state index >= 15 is 0 Å². The molecule has 5 nitrogen and oxygen atoms in total. The first-order valence-corrected chi connectivity index (χ1v) is 3.64. The van der Waals surface area contributed by atoms with E-state index in [-0.39, 0.29) is 18.7 Å². The van der Waals surface area contributed by atoms with Crippen molar-refractivity contribution in [3.8, 4) is 12.1 Å². The van der Waals surface area contributed by atoms with Crippen molar-refractivity contribution in [2.75, 3.05) is 13.2 Å². The van der Waals surface area contributed by atoms with Crippen LogP contribution in [0.3, 0.4) is 0 Å². The monoisotopic (exact) mass is 179 g/mol. The molecule has 0 radical (unpaired) electrons. The Balaban J connectivity index is 4.19. The van der Waals surface area contributed by atoms with Gasteiger partial charge in [-0.25, -0.2) is 4.79 Å². The second kappa shape index (κ2) is 6.68. The summed E-state index contributed by atoms with van der Waals surface area (Å²) in [6.45, 7) is 1.91. The zero-order valence-electron chi connectivity index (χ0n) is 7.20. The molecule has 0 spiro atoms. The predicted octanol–water partition coefficient (Wildman–Crippen LogP) is 0.0702. The van der Waals surface area contributed by atoms with Crippen molar-refractivity contribution < 1.29 is 9.53 Å².